The van der Waals surface area contributed by atoms with Gasteiger partial charge >= 0.3 is 0 Å². The van der Waals surface area contributed by atoms with Gasteiger partial charge in [0.2, 0.25) is 11.0 Å². The Morgan fingerprint density at radius 1 is 1.03 bits per heavy atom. The maximum absolute atomic E-state index is 12.6. The minimum Gasteiger partial charge on any atom is -0.310 e. The molecule has 0 atom stereocenters. The van der Waals surface area contributed by atoms with Gasteiger partial charge in [-0.05, 0) is 26.3 Å². The fourth-order valence-corrected chi connectivity index (χ4v) is 3.94. The molecule has 146 valence electrons. The number of carbonyl (C=O) groups is 1. The number of amides is 1. The average Bonchev–Trinajstić information content (AvgIpc) is 3.29. The number of hydrogen-bond acceptors (Lipinski definition) is 4. The van der Waals surface area contributed by atoms with Crippen LogP contribution in [0.15, 0.2) is 60.0 Å². The van der Waals surface area contributed by atoms with Gasteiger partial charge in [-0.25, -0.2) is 4.98 Å². The number of anilines is 1. The van der Waals surface area contributed by atoms with E-state index in [0.717, 1.165) is 33.2 Å². The summed E-state index contributed by atoms with van der Waals surface area (Å²) in [6, 6.07) is 18.1. The van der Waals surface area contributed by atoms with Crippen LogP contribution in [0.4, 0.5) is 5.82 Å². The molecule has 0 saturated heterocycles. The van der Waals surface area contributed by atoms with E-state index in [1.807, 2.05) is 49.6 Å². The van der Waals surface area contributed by atoms with Crippen molar-refractivity contribution in [2.75, 3.05) is 5.32 Å². The van der Waals surface area contributed by atoms with E-state index in [0.29, 0.717) is 12.2 Å². The zero-order valence-corrected chi connectivity index (χ0v) is 17.5. The van der Waals surface area contributed by atoms with Crippen LogP contribution in [-0.2, 0) is 11.2 Å². The molecule has 2 aromatic carbocycles. The summed E-state index contributed by atoms with van der Waals surface area (Å²) in [5.41, 5.74) is 6.12. The Morgan fingerprint density at radius 3 is 2.59 bits per heavy atom. The summed E-state index contributed by atoms with van der Waals surface area (Å²) in [4.78, 5) is 17.3. The lowest BCUT2D eigenvalue weighted by molar-refractivity contribution is -0.115. The number of hydrogen-bond donors (Lipinski definition) is 1. The number of nitrogens with one attached hydrogen (secondary N) is 1. The van der Waals surface area contributed by atoms with Gasteiger partial charge in [-0.2, -0.15) is 9.78 Å². The predicted molar refractivity (Wildman–Crippen MR) is 118 cm³/mol. The van der Waals surface area contributed by atoms with E-state index in [9.17, 15) is 4.79 Å². The number of aromatic nitrogens is 3. The highest BCUT2D eigenvalue weighted by Gasteiger charge is 2.15. The summed E-state index contributed by atoms with van der Waals surface area (Å²) >= 11 is 1.50. The second-order valence-corrected chi connectivity index (χ2v) is 8.01. The van der Waals surface area contributed by atoms with Crippen molar-refractivity contribution in [2.24, 2.45) is 0 Å². The second-order valence-electron chi connectivity index (χ2n) is 7.18. The lowest BCUT2D eigenvalue weighted by Gasteiger charge is -2.07. The monoisotopic (exact) mass is 402 g/mol. The van der Waals surface area contributed by atoms with Crippen LogP contribution in [0.5, 0.6) is 0 Å². The van der Waals surface area contributed by atoms with Gasteiger partial charge in [-0.3, -0.25) is 4.79 Å². The highest BCUT2D eigenvalue weighted by Crippen LogP contribution is 2.26. The van der Waals surface area contributed by atoms with E-state index in [4.69, 9.17) is 4.98 Å². The SMILES string of the molecule is Cc1ccc(-c2csc(-n3nc(C)cc3NC(=O)Cc3cccc(C)c3)n2)cc1. The van der Waals surface area contributed by atoms with Gasteiger partial charge in [0.05, 0.1) is 17.8 Å². The maximum Gasteiger partial charge on any atom is 0.229 e. The first kappa shape index (κ1) is 19.1. The Hall–Kier alpha value is -3.25. The van der Waals surface area contributed by atoms with Crippen LogP contribution in [-0.4, -0.2) is 20.7 Å². The molecule has 1 amide bonds. The van der Waals surface area contributed by atoms with Gasteiger partial charge < -0.3 is 5.32 Å². The minimum absolute atomic E-state index is 0.0768. The molecule has 2 heterocycles. The lowest BCUT2D eigenvalue weighted by atomic mass is 10.1. The van der Waals surface area contributed by atoms with Gasteiger partial charge in [0.15, 0.2) is 0 Å². The van der Waals surface area contributed by atoms with Crippen LogP contribution >= 0.6 is 11.3 Å². The Bertz CT molecular complexity index is 1160. The highest BCUT2D eigenvalue weighted by molar-refractivity contribution is 7.12. The smallest absolute Gasteiger partial charge is 0.229 e. The molecule has 0 fully saturated rings. The number of rotatable bonds is 5. The van der Waals surface area contributed by atoms with Crippen molar-refractivity contribution in [3.8, 4) is 16.4 Å². The largest absolute Gasteiger partial charge is 0.310 e. The summed E-state index contributed by atoms with van der Waals surface area (Å²) < 4.78 is 1.70. The third-order valence-electron chi connectivity index (χ3n) is 4.57. The quantitative estimate of drug-likeness (QED) is 0.505. The van der Waals surface area contributed by atoms with Crippen molar-refractivity contribution in [1.29, 1.82) is 0 Å². The Kier molecular flexibility index (Phi) is 5.27. The van der Waals surface area contributed by atoms with Crippen LogP contribution < -0.4 is 5.32 Å². The van der Waals surface area contributed by atoms with E-state index in [-0.39, 0.29) is 5.91 Å². The van der Waals surface area contributed by atoms with Crippen molar-refractivity contribution in [2.45, 2.75) is 27.2 Å². The molecule has 0 radical (unpaired) electrons. The predicted octanol–water partition coefficient (Wildman–Crippen LogP) is 5.10. The zero-order valence-electron chi connectivity index (χ0n) is 16.6. The molecule has 5 nitrogen and oxygen atoms in total. The molecule has 4 aromatic rings. The molecular formula is C23H22N4OS. The van der Waals surface area contributed by atoms with Crippen LogP contribution in [0.3, 0.4) is 0 Å². The molecular weight excluding hydrogens is 380 g/mol. The summed E-state index contributed by atoms with van der Waals surface area (Å²) in [7, 11) is 0. The van der Waals surface area contributed by atoms with Crippen LogP contribution in [0.25, 0.3) is 16.4 Å². The molecule has 0 aliphatic rings. The normalized spacial score (nSPS) is 10.9. The standard InChI is InChI=1S/C23H22N4OS/c1-15-7-9-19(10-8-15)20-14-29-23(24-20)27-21(12-17(3)26-27)25-22(28)13-18-6-4-5-16(2)11-18/h4-12,14H,13H2,1-3H3,(H,25,28). The van der Waals surface area contributed by atoms with Crippen molar-refractivity contribution in [1.82, 2.24) is 14.8 Å². The molecule has 0 bridgehead atoms. The van der Waals surface area contributed by atoms with Crippen molar-refractivity contribution in [3.63, 3.8) is 0 Å². The van der Waals surface area contributed by atoms with E-state index in [1.165, 1.54) is 16.9 Å². The third kappa shape index (κ3) is 4.43. The number of thiazole rings is 1. The molecule has 0 aliphatic carbocycles. The summed E-state index contributed by atoms with van der Waals surface area (Å²) in [6.07, 6.45) is 0.318. The zero-order chi connectivity index (χ0) is 20.4. The van der Waals surface area contributed by atoms with Crippen molar-refractivity contribution in [3.05, 3.63) is 82.4 Å². The fraction of sp³-hybridized carbons (Fsp3) is 0.174. The number of carbonyl (C=O) groups excluding carboxylic acids is 1. The molecule has 6 heteroatoms. The van der Waals surface area contributed by atoms with Crippen LogP contribution in [0.2, 0.25) is 0 Å². The summed E-state index contributed by atoms with van der Waals surface area (Å²) in [5.74, 6) is 0.553. The van der Waals surface area contributed by atoms with Gasteiger partial charge in [-0.15, -0.1) is 11.3 Å². The average molecular weight is 403 g/mol. The van der Waals surface area contributed by atoms with Crippen LogP contribution in [0, 0.1) is 20.8 Å². The van der Waals surface area contributed by atoms with Crippen LogP contribution in [0.1, 0.15) is 22.4 Å². The number of aryl methyl sites for hydroxylation is 3. The lowest BCUT2D eigenvalue weighted by Crippen LogP contribution is -2.17. The molecule has 0 spiro atoms. The first-order chi connectivity index (χ1) is 14.0. The number of nitrogens with zero attached hydrogens (tertiary/aromatic N) is 3. The summed E-state index contributed by atoms with van der Waals surface area (Å²) in [5, 5.41) is 10.2. The van der Waals surface area contributed by atoms with E-state index in [1.54, 1.807) is 4.68 Å². The molecule has 2 aromatic heterocycles. The Morgan fingerprint density at radius 2 is 1.83 bits per heavy atom. The minimum atomic E-state index is -0.0768. The second kappa shape index (κ2) is 8.01. The molecule has 29 heavy (non-hydrogen) atoms. The topological polar surface area (TPSA) is 59.8 Å². The third-order valence-corrected chi connectivity index (χ3v) is 5.38. The summed E-state index contributed by atoms with van der Waals surface area (Å²) in [6.45, 7) is 5.99. The fourth-order valence-electron chi connectivity index (χ4n) is 3.15. The molecule has 0 aliphatic heterocycles. The molecule has 4 rings (SSSR count). The molecule has 0 unspecified atom stereocenters. The first-order valence-electron chi connectivity index (χ1n) is 9.43. The maximum atomic E-state index is 12.6. The highest BCUT2D eigenvalue weighted by atomic mass is 32.1. The van der Waals surface area contributed by atoms with Gasteiger partial charge in [-0.1, -0.05) is 59.7 Å². The van der Waals surface area contributed by atoms with Crippen molar-refractivity contribution >= 4 is 23.1 Å². The van der Waals surface area contributed by atoms with E-state index >= 15 is 0 Å². The van der Waals surface area contributed by atoms with Gasteiger partial charge in [0.25, 0.3) is 0 Å². The number of benzene rings is 2. The van der Waals surface area contributed by atoms with Crippen molar-refractivity contribution < 1.29 is 4.79 Å². The van der Waals surface area contributed by atoms with Gasteiger partial charge in [0, 0.05) is 17.0 Å². The van der Waals surface area contributed by atoms with E-state index in [2.05, 4.69) is 41.6 Å². The Labute approximate surface area is 174 Å². The van der Waals surface area contributed by atoms with E-state index < -0.39 is 0 Å². The first-order valence-corrected chi connectivity index (χ1v) is 10.3. The van der Waals surface area contributed by atoms with Gasteiger partial charge in [0.1, 0.15) is 5.82 Å². The Balaban J connectivity index is 1.55. The molecule has 1 N–H and O–H groups in total. The molecule has 0 saturated carbocycles.